The molecule has 1 rings (SSSR count). The van der Waals surface area contributed by atoms with Gasteiger partial charge in [0.25, 0.3) is 5.91 Å². The number of carbonyl (C=O) groups excluding carboxylic acids is 1. The van der Waals surface area contributed by atoms with Crippen molar-refractivity contribution < 1.29 is 17.9 Å². The topological polar surface area (TPSA) is 98.5 Å². The maximum Gasteiger partial charge on any atom is 0.251 e. The largest absolute Gasteiger partial charge is 0.382 e. The lowest BCUT2D eigenvalue weighted by molar-refractivity contribution is 0.0944. The van der Waals surface area contributed by atoms with E-state index in [0.717, 1.165) is 6.07 Å². The van der Waals surface area contributed by atoms with Crippen molar-refractivity contribution in [2.75, 3.05) is 19.8 Å². The summed E-state index contributed by atoms with van der Waals surface area (Å²) in [6.45, 7) is 3.51. The van der Waals surface area contributed by atoms with E-state index in [9.17, 15) is 13.2 Å². The molecule has 0 fully saturated rings. The minimum absolute atomic E-state index is 0.0135. The molecule has 1 aromatic rings. The molecule has 0 atom stereocenters. The van der Waals surface area contributed by atoms with Crippen LogP contribution in [0, 0.1) is 0 Å². The monoisotopic (exact) mass is 320 g/mol. The first-order valence-electron chi connectivity index (χ1n) is 6.04. The van der Waals surface area contributed by atoms with Crippen LogP contribution in [-0.4, -0.2) is 34.1 Å². The van der Waals surface area contributed by atoms with E-state index in [0.29, 0.717) is 26.2 Å². The number of primary sulfonamides is 1. The third kappa shape index (κ3) is 5.09. The van der Waals surface area contributed by atoms with Crippen LogP contribution in [0.5, 0.6) is 0 Å². The first-order chi connectivity index (χ1) is 9.36. The number of sulfonamides is 1. The summed E-state index contributed by atoms with van der Waals surface area (Å²) in [6, 6.07) is 3.93. The SMILES string of the molecule is CCOCCCNC(=O)c1ccc(Cl)c(S(N)(=O)=O)c1. The molecule has 0 heterocycles. The molecule has 20 heavy (non-hydrogen) atoms. The summed E-state index contributed by atoms with van der Waals surface area (Å²) in [7, 11) is -3.95. The van der Waals surface area contributed by atoms with Crippen LogP contribution in [0.3, 0.4) is 0 Å². The van der Waals surface area contributed by atoms with Gasteiger partial charge in [-0.05, 0) is 31.5 Å². The summed E-state index contributed by atoms with van der Waals surface area (Å²) in [5.74, 6) is -0.386. The highest BCUT2D eigenvalue weighted by molar-refractivity contribution is 7.89. The second-order valence-electron chi connectivity index (χ2n) is 4.00. The number of benzene rings is 1. The summed E-state index contributed by atoms with van der Waals surface area (Å²) >= 11 is 5.74. The van der Waals surface area contributed by atoms with Crippen LogP contribution >= 0.6 is 11.6 Å². The zero-order valence-electron chi connectivity index (χ0n) is 11.1. The maximum absolute atomic E-state index is 11.8. The zero-order valence-corrected chi connectivity index (χ0v) is 12.6. The Bertz CT molecular complexity index is 575. The highest BCUT2D eigenvalue weighted by Gasteiger charge is 2.16. The van der Waals surface area contributed by atoms with Gasteiger partial charge in [-0.3, -0.25) is 4.79 Å². The van der Waals surface area contributed by atoms with Crippen LogP contribution < -0.4 is 10.5 Å². The zero-order chi connectivity index (χ0) is 15.2. The normalized spacial score (nSPS) is 11.3. The first-order valence-corrected chi connectivity index (χ1v) is 7.97. The van der Waals surface area contributed by atoms with Gasteiger partial charge >= 0.3 is 0 Å². The first kappa shape index (κ1) is 16.9. The number of nitrogens with two attached hydrogens (primary N) is 1. The lowest BCUT2D eigenvalue weighted by Gasteiger charge is -2.07. The Labute approximate surface area is 123 Å². The smallest absolute Gasteiger partial charge is 0.251 e. The van der Waals surface area contributed by atoms with Crippen LogP contribution in [0.1, 0.15) is 23.7 Å². The number of nitrogens with one attached hydrogen (secondary N) is 1. The van der Waals surface area contributed by atoms with Crippen molar-refractivity contribution in [1.29, 1.82) is 0 Å². The molecule has 0 aliphatic carbocycles. The molecular formula is C12H17ClN2O4S. The van der Waals surface area contributed by atoms with E-state index >= 15 is 0 Å². The fourth-order valence-corrected chi connectivity index (χ4v) is 2.56. The number of hydrogen-bond acceptors (Lipinski definition) is 4. The van der Waals surface area contributed by atoms with Crippen molar-refractivity contribution in [1.82, 2.24) is 5.32 Å². The van der Waals surface area contributed by atoms with E-state index in [1.807, 2.05) is 6.92 Å². The van der Waals surface area contributed by atoms with Crippen molar-refractivity contribution in [3.8, 4) is 0 Å². The molecule has 3 N–H and O–H groups in total. The van der Waals surface area contributed by atoms with Crippen LogP contribution in [0.15, 0.2) is 23.1 Å². The third-order valence-electron chi connectivity index (χ3n) is 2.46. The molecule has 0 unspecified atom stereocenters. The molecule has 112 valence electrons. The molecule has 8 heteroatoms. The van der Waals surface area contributed by atoms with Crippen LogP contribution in [-0.2, 0) is 14.8 Å². The Morgan fingerprint density at radius 3 is 2.75 bits per heavy atom. The summed E-state index contributed by atoms with van der Waals surface area (Å²) in [4.78, 5) is 11.6. The molecule has 0 aromatic heterocycles. The van der Waals surface area contributed by atoms with Gasteiger partial charge in [0.1, 0.15) is 4.90 Å². The Balaban J connectivity index is 2.70. The van der Waals surface area contributed by atoms with Crippen molar-refractivity contribution in [2.45, 2.75) is 18.2 Å². The average Bonchev–Trinajstić information content (AvgIpc) is 2.37. The summed E-state index contributed by atoms with van der Waals surface area (Å²) < 4.78 is 27.7. The lowest BCUT2D eigenvalue weighted by Crippen LogP contribution is -2.25. The molecule has 0 aliphatic rings. The number of carbonyl (C=O) groups is 1. The van der Waals surface area contributed by atoms with Crippen LogP contribution in [0.4, 0.5) is 0 Å². The van der Waals surface area contributed by atoms with Gasteiger partial charge in [-0.25, -0.2) is 13.6 Å². The van der Waals surface area contributed by atoms with Crippen molar-refractivity contribution in [2.24, 2.45) is 5.14 Å². The predicted octanol–water partition coefficient (Wildman–Crippen LogP) is 1.14. The molecule has 1 aromatic carbocycles. The van der Waals surface area contributed by atoms with Gasteiger partial charge in [0.2, 0.25) is 10.0 Å². The number of hydrogen-bond donors (Lipinski definition) is 2. The molecule has 0 bridgehead atoms. The molecule has 1 amide bonds. The summed E-state index contributed by atoms with van der Waals surface area (Å²) in [5, 5.41) is 7.67. The number of halogens is 1. The quantitative estimate of drug-likeness (QED) is 0.736. The van der Waals surface area contributed by atoms with Crippen molar-refractivity contribution in [3.05, 3.63) is 28.8 Å². The minimum Gasteiger partial charge on any atom is -0.382 e. The van der Waals surface area contributed by atoms with Crippen molar-refractivity contribution in [3.63, 3.8) is 0 Å². The standard InChI is InChI=1S/C12H17ClN2O4S/c1-2-19-7-3-6-15-12(16)9-4-5-10(13)11(8-9)20(14,17)18/h4-5,8H,2-3,6-7H2,1H3,(H,15,16)(H2,14,17,18). The van der Waals surface area contributed by atoms with Gasteiger partial charge < -0.3 is 10.1 Å². The van der Waals surface area contributed by atoms with Gasteiger partial charge in [0, 0.05) is 25.3 Å². The Morgan fingerprint density at radius 2 is 2.15 bits per heavy atom. The van der Waals surface area contributed by atoms with Gasteiger partial charge in [-0.1, -0.05) is 11.6 Å². The van der Waals surface area contributed by atoms with Gasteiger partial charge in [0.15, 0.2) is 0 Å². The Hall–Kier alpha value is -1.15. The Kier molecular flexibility index (Phi) is 6.41. The maximum atomic E-state index is 11.8. The summed E-state index contributed by atoms with van der Waals surface area (Å²) in [5.41, 5.74) is 0.190. The molecule has 0 saturated carbocycles. The molecule has 6 nitrogen and oxygen atoms in total. The van der Waals surface area contributed by atoms with E-state index in [1.165, 1.54) is 12.1 Å². The van der Waals surface area contributed by atoms with Crippen molar-refractivity contribution >= 4 is 27.5 Å². The molecular weight excluding hydrogens is 304 g/mol. The van der Waals surface area contributed by atoms with E-state index in [2.05, 4.69) is 5.32 Å². The van der Waals surface area contributed by atoms with Gasteiger partial charge in [-0.2, -0.15) is 0 Å². The lowest BCUT2D eigenvalue weighted by atomic mass is 10.2. The number of rotatable bonds is 7. The third-order valence-corrected chi connectivity index (χ3v) is 3.85. The second-order valence-corrected chi connectivity index (χ2v) is 5.93. The number of amides is 1. The fourth-order valence-electron chi connectivity index (χ4n) is 1.49. The van der Waals surface area contributed by atoms with E-state index < -0.39 is 10.0 Å². The predicted molar refractivity (Wildman–Crippen MR) is 76.3 cm³/mol. The van der Waals surface area contributed by atoms with Gasteiger partial charge in [0.05, 0.1) is 5.02 Å². The van der Waals surface area contributed by atoms with E-state index in [4.69, 9.17) is 21.5 Å². The molecule has 0 spiro atoms. The minimum atomic E-state index is -3.95. The highest BCUT2D eigenvalue weighted by atomic mass is 35.5. The van der Waals surface area contributed by atoms with Crippen LogP contribution in [0.25, 0.3) is 0 Å². The van der Waals surface area contributed by atoms with Gasteiger partial charge in [-0.15, -0.1) is 0 Å². The fraction of sp³-hybridized carbons (Fsp3) is 0.417. The van der Waals surface area contributed by atoms with Crippen LogP contribution in [0.2, 0.25) is 5.02 Å². The Morgan fingerprint density at radius 1 is 1.45 bits per heavy atom. The summed E-state index contributed by atoms with van der Waals surface area (Å²) in [6.07, 6.45) is 0.676. The molecule has 0 aliphatic heterocycles. The average molecular weight is 321 g/mol. The van der Waals surface area contributed by atoms with E-state index in [-0.39, 0.29) is 21.4 Å². The molecule has 0 radical (unpaired) electrons. The van der Waals surface area contributed by atoms with E-state index in [1.54, 1.807) is 0 Å². The molecule has 0 saturated heterocycles. The highest BCUT2D eigenvalue weighted by Crippen LogP contribution is 2.21. The number of ether oxygens (including phenoxy) is 1. The second kappa shape index (κ2) is 7.58.